The third-order valence-corrected chi connectivity index (χ3v) is 5.81. The van der Waals surface area contributed by atoms with Gasteiger partial charge in [0.2, 0.25) is 11.7 Å². The van der Waals surface area contributed by atoms with Gasteiger partial charge in [0.05, 0.1) is 10.7 Å². The average molecular weight is 391 g/mol. The van der Waals surface area contributed by atoms with Crippen LogP contribution < -0.4 is 4.90 Å². The van der Waals surface area contributed by atoms with Crippen molar-refractivity contribution in [2.75, 3.05) is 51.3 Å². The average Bonchev–Trinajstić information content (AvgIpc) is 2.86. The maximum Gasteiger partial charge on any atom is 0.230 e. The first-order valence-electron chi connectivity index (χ1n) is 9.85. The number of hydrogen-bond donors (Lipinski definition) is 0. The van der Waals surface area contributed by atoms with Gasteiger partial charge in [-0.3, -0.25) is 0 Å². The van der Waals surface area contributed by atoms with Crippen molar-refractivity contribution in [2.24, 2.45) is 0 Å². The Bertz CT molecular complexity index is 758. The van der Waals surface area contributed by atoms with Crippen molar-refractivity contribution in [3.63, 3.8) is 0 Å². The van der Waals surface area contributed by atoms with Crippen LogP contribution in [0.4, 0.5) is 5.69 Å². The SMILES string of the molecule is CN1CCCN(c2ccc(-c3noc(C4CCCOCC4)n3)cc2Cl)CC1. The van der Waals surface area contributed by atoms with E-state index in [2.05, 4.69) is 33.1 Å². The Morgan fingerprint density at radius 2 is 2.00 bits per heavy atom. The minimum atomic E-state index is 0.289. The lowest BCUT2D eigenvalue weighted by Gasteiger charge is -2.24. The number of rotatable bonds is 3. The summed E-state index contributed by atoms with van der Waals surface area (Å²) in [6.45, 7) is 5.78. The summed E-state index contributed by atoms with van der Waals surface area (Å²) in [5.74, 6) is 1.61. The fourth-order valence-corrected chi connectivity index (χ4v) is 4.16. The first kappa shape index (κ1) is 18.7. The van der Waals surface area contributed by atoms with Gasteiger partial charge in [-0.05, 0) is 57.5 Å². The van der Waals surface area contributed by atoms with Gasteiger partial charge in [-0.2, -0.15) is 4.98 Å². The van der Waals surface area contributed by atoms with Crippen LogP contribution in [0.5, 0.6) is 0 Å². The smallest absolute Gasteiger partial charge is 0.230 e. The van der Waals surface area contributed by atoms with Gasteiger partial charge in [0.15, 0.2) is 0 Å². The quantitative estimate of drug-likeness (QED) is 0.794. The lowest BCUT2D eigenvalue weighted by atomic mass is 10.0. The van der Waals surface area contributed by atoms with Crippen LogP contribution in [0.1, 0.15) is 37.5 Å². The second kappa shape index (κ2) is 8.59. The maximum atomic E-state index is 6.62. The molecule has 2 fully saturated rings. The molecule has 0 amide bonds. The summed E-state index contributed by atoms with van der Waals surface area (Å²) in [7, 11) is 2.17. The fraction of sp³-hybridized carbons (Fsp3) is 0.600. The molecule has 2 aliphatic heterocycles. The van der Waals surface area contributed by atoms with Gasteiger partial charge in [0.1, 0.15) is 0 Å². The summed E-state index contributed by atoms with van der Waals surface area (Å²) in [5, 5.41) is 4.94. The highest BCUT2D eigenvalue weighted by Gasteiger charge is 2.22. The Kier molecular flexibility index (Phi) is 5.95. The summed E-state index contributed by atoms with van der Waals surface area (Å²) < 4.78 is 11.1. The molecule has 1 aromatic heterocycles. The highest BCUT2D eigenvalue weighted by Crippen LogP contribution is 2.32. The molecule has 0 N–H and O–H groups in total. The number of ether oxygens (including phenoxy) is 1. The zero-order valence-corrected chi connectivity index (χ0v) is 16.6. The van der Waals surface area contributed by atoms with E-state index in [0.29, 0.717) is 11.7 Å². The van der Waals surface area contributed by atoms with Crippen molar-refractivity contribution in [1.29, 1.82) is 0 Å². The van der Waals surface area contributed by atoms with Crippen LogP contribution in [0.25, 0.3) is 11.4 Å². The van der Waals surface area contributed by atoms with E-state index < -0.39 is 0 Å². The van der Waals surface area contributed by atoms with Gasteiger partial charge in [-0.1, -0.05) is 16.8 Å². The molecule has 146 valence electrons. The Morgan fingerprint density at radius 3 is 2.89 bits per heavy atom. The second-order valence-electron chi connectivity index (χ2n) is 7.51. The molecule has 2 aliphatic rings. The van der Waals surface area contributed by atoms with Gasteiger partial charge in [-0.25, -0.2) is 0 Å². The summed E-state index contributed by atoms with van der Waals surface area (Å²) >= 11 is 6.62. The van der Waals surface area contributed by atoms with Crippen LogP contribution in [-0.2, 0) is 4.74 Å². The lowest BCUT2D eigenvalue weighted by molar-refractivity contribution is 0.142. The number of likely N-dealkylation sites (N-methyl/N-ethyl adjacent to an activating group) is 1. The van der Waals surface area contributed by atoms with E-state index in [-0.39, 0.29) is 5.92 Å². The van der Waals surface area contributed by atoms with E-state index in [1.807, 2.05) is 12.1 Å². The van der Waals surface area contributed by atoms with Gasteiger partial charge in [-0.15, -0.1) is 0 Å². The third-order valence-electron chi connectivity index (χ3n) is 5.51. The molecule has 4 rings (SSSR count). The van der Waals surface area contributed by atoms with Gasteiger partial charge >= 0.3 is 0 Å². The standard InChI is InChI=1S/C20H27ClN4O2/c1-24-8-3-9-25(11-10-24)18-6-5-16(14-17(18)21)19-22-20(27-23-19)15-4-2-12-26-13-7-15/h5-6,14-15H,2-4,7-13H2,1H3. The van der Waals surface area contributed by atoms with Gasteiger partial charge in [0, 0.05) is 44.3 Å². The predicted molar refractivity (Wildman–Crippen MR) is 106 cm³/mol. The molecule has 0 bridgehead atoms. The highest BCUT2D eigenvalue weighted by atomic mass is 35.5. The van der Waals surface area contributed by atoms with Crippen LogP contribution in [0, 0.1) is 0 Å². The first-order valence-corrected chi connectivity index (χ1v) is 10.2. The molecular formula is C20H27ClN4O2. The first-order chi connectivity index (χ1) is 13.2. The predicted octanol–water partition coefficient (Wildman–Crippen LogP) is 3.82. The highest BCUT2D eigenvalue weighted by molar-refractivity contribution is 6.33. The molecule has 6 nitrogen and oxygen atoms in total. The number of aromatic nitrogens is 2. The molecule has 0 spiro atoms. The molecule has 27 heavy (non-hydrogen) atoms. The molecule has 2 saturated heterocycles. The normalized spacial score (nSPS) is 22.4. The van der Waals surface area contributed by atoms with Crippen LogP contribution in [0.15, 0.2) is 22.7 Å². The topological polar surface area (TPSA) is 54.6 Å². The van der Waals surface area contributed by atoms with Crippen LogP contribution in [0.3, 0.4) is 0 Å². The number of hydrogen-bond acceptors (Lipinski definition) is 6. The lowest BCUT2D eigenvalue weighted by Crippen LogP contribution is -2.28. The molecule has 1 aromatic carbocycles. The number of nitrogens with zero attached hydrogens (tertiary/aromatic N) is 4. The van der Waals surface area contributed by atoms with Crippen molar-refractivity contribution in [3.05, 3.63) is 29.1 Å². The van der Waals surface area contributed by atoms with Crippen LogP contribution in [0.2, 0.25) is 5.02 Å². The molecule has 0 saturated carbocycles. The summed E-state index contributed by atoms with van der Waals surface area (Å²) in [4.78, 5) is 9.37. The summed E-state index contributed by atoms with van der Waals surface area (Å²) in [5.41, 5.74) is 1.98. The van der Waals surface area contributed by atoms with Gasteiger partial charge in [0.25, 0.3) is 0 Å². The van der Waals surface area contributed by atoms with E-state index in [1.165, 1.54) is 0 Å². The van der Waals surface area contributed by atoms with Crippen molar-refractivity contribution in [3.8, 4) is 11.4 Å². The van der Waals surface area contributed by atoms with E-state index in [0.717, 1.165) is 81.3 Å². The van der Waals surface area contributed by atoms with Crippen molar-refractivity contribution >= 4 is 17.3 Å². The maximum absolute atomic E-state index is 6.62. The minimum absolute atomic E-state index is 0.289. The molecule has 0 aliphatic carbocycles. The Morgan fingerprint density at radius 1 is 1.07 bits per heavy atom. The number of anilines is 1. The Labute approximate surface area is 165 Å². The molecule has 0 radical (unpaired) electrons. The zero-order valence-electron chi connectivity index (χ0n) is 15.9. The van der Waals surface area contributed by atoms with Crippen LogP contribution in [-0.4, -0.2) is 61.5 Å². The number of benzene rings is 1. The number of halogens is 1. The van der Waals surface area contributed by atoms with Crippen LogP contribution >= 0.6 is 11.6 Å². The van der Waals surface area contributed by atoms with E-state index in [4.69, 9.17) is 20.9 Å². The second-order valence-corrected chi connectivity index (χ2v) is 7.91. The van der Waals surface area contributed by atoms with E-state index in [1.54, 1.807) is 0 Å². The fourth-order valence-electron chi connectivity index (χ4n) is 3.86. The minimum Gasteiger partial charge on any atom is -0.381 e. The molecule has 7 heteroatoms. The Hall–Kier alpha value is -1.63. The zero-order chi connectivity index (χ0) is 18.6. The third kappa shape index (κ3) is 4.45. The molecule has 1 atom stereocenters. The van der Waals surface area contributed by atoms with E-state index >= 15 is 0 Å². The van der Waals surface area contributed by atoms with E-state index in [9.17, 15) is 0 Å². The molecule has 1 unspecified atom stereocenters. The van der Waals surface area contributed by atoms with Crippen molar-refractivity contribution < 1.29 is 9.26 Å². The largest absolute Gasteiger partial charge is 0.381 e. The summed E-state index contributed by atoms with van der Waals surface area (Å²) in [6.07, 6.45) is 4.15. The molecular weight excluding hydrogens is 364 g/mol. The van der Waals surface area contributed by atoms with Crippen molar-refractivity contribution in [2.45, 2.75) is 31.6 Å². The molecule has 3 heterocycles. The monoisotopic (exact) mass is 390 g/mol. The van der Waals surface area contributed by atoms with Gasteiger partial charge < -0.3 is 19.1 Å². The van der Waals surface area contributed by atoms with Crippen molar-refractivity contribution in [1.82, 2.24) is 15.0 Å². The molecule has 2 aromatic rings. The Balaban J connectivity index is 1.50. The summed E-state index contributed by atoms with van der Waals surface area (Å²) in [6, 6.07) is 6.08.